The molecule has 0 aliphatic rings. The summed E-state index contributed by atoms with van der Waals surface area (Å²) in [5.74, 6) is 0.741. The molecule has 0 radical (unpaired) electrons. The number of hydrogen-bond acceptors (Lipinski definition) is 6. The molecule has 30 heavy (non-hydrogen) atoms. The van der Waals surface area contributed by atoms with Gasteiger partial charge in [0.1, 0.15) is 16.4 Å². The molecule has 0 saturated carbocycles. The lowest BCUT2D eigenvalue weighted by Gasteiger charge is -2.10. The van der Waals surface area contributed by atoms with Crippen molar-refractivity contribution in [1.82, 2.24) is 9.97 Å². The predicted octanol–water partition coefficient (Wildman–Crippen LogP) is 5.98. The number of carbonyl (C=O) groups is 1. The van der Waals surface area contributed by atoms with Gasteiger partial charge in [-0.15, -0.1) is 11.3 Å². The Labute approximate surface area is 186 Å². The van der Waals surface area contributed by atoms with Gasteiger partial charge in [0.15, 0.2) is 5.82 Å². The number of carboxylic acids is 1. The molecule has 0 spiro atoms. The van der Waals surface area contributed by atoms with E-state index in [0.717, 1.165) is 15.8 Å². The van der Waals surface area contributed by atoms with Gasteiger partial charge in [-0.25, -0.2) is 14.8 Å². The molecule has 0 saturated heterocycles. The van der Waals surface area contributed by atoms with E-state index in [2.05, 4.69) is 15.3 Å². The largest absolute Gasteiger partial charge is 0.495 e. The summed E-state index contributed by atoms with van der Waals surface area (Å²) >= 11 is 13.8. The maximum atomic E-state index is 11.1. The Bertz CT molecular complexity index is 1240. The molecule has 0 aliphatic heterocycles. The second-order valence-electron chi connectivity index (χ2n) is 6.37. The second-order valence-corrected chi connectivity index (χ2v) is 8.44. The van der Waals surface area contributed by atoms with Crippen molar-refractivity contribution in [2.45, 2.75) is 6.54 Å². The fourth-order valence-corrected chi connectivity index (χ4v) is 4.29. The van der Waals surface area contributed by atoms with Crippen LogP contribution in [0.4, 0.5) is 5.82 Å². The van der Waals surface area contributed by atoms with Crippen LogP contribution >= 0.6 is 34.5 Å². The standard InChI is InChI=1S/C21H15Cl2N3O3S/c1-29-16-7-2-11(8-15(16)22)10-24-19-14-9-17(23)30-20(14)26-18(25-19)12-3-5-13(6-4-12)21(27)28/h2-9H,10H2,1H3,(H,27,28)(H,24,25,26). The topological polar surface area (TPSA) is 84.3 Å². The van der Waals surface area contributed by atoms with Gasteiger partial charge in [-0.05, 0) is 35.9 Å². The van der Waals surface area contributed by atoms with Gasteiger partial charge in [0.2, 0.25) is 0 Å². The van der Waals surface area contributed by atoms with Gasteiger partial charge in [0, 0.05) is 12.1 Å². The van der Waals surface area contributed by atoms with Crippen LogP contribution < -0.4 is 10.1 Å². The number of benzene rings is 2. The van der Waals surface area contributed by atoms with Crippen LogP contribution in [0.25, 0.3) is 21.6 Å². The fourth-order valence-electron chi connectivity index (χ4n) is 2.92. The van der Waals surface area contributed by atoms with E-state index in [1.165, 1.54) is 23.5 Å². The number of ether oxygens (including phenoxy) is 1. The third kappa shape index (κ3) is 4.18. The van der Waals surface area contributed by atoms with Gasteiger partial charge < -0.3 is 15.2 Å². The molecule has 9 heteroatoms. The Kier molecular flexibility index (Phi) is 5.76. The fraction of sp³-hybridized carbons (Fsp3) is 0.0952. The number of anilines is 1. The van der Waals surface area contributed by atoms with Gasteiger partial charge in [0.25, 0.3) is 0 Å². The lowest BCUT2D eigenvalue weighted by atomic mass is 10.1. The predicted molar refractivity (Wildman–Crippen MR) is 120 cm³/mol. The minimum Gasteiger partial charge on any atom is -0.495 e. The molecule has 2 aromatic carbocycles. The average molecular weight is 460 g/mol. The van der Waals surface area contributed by atoms with E-state index in [1.807, 2.05) is 24.3 Å². The molecule has 4 rings (SSSR count). The first-order valence-corrected chi connectivity index (χ1v) is 10.4. The van der Waals surface area contributed by atoms with Crippen molar-refractivity contribution < 1.29 is 14.6 Å². The first-order chi connectivity index (χ1) is 14.4. The number of fused-ring (bicyclic) bond motifs is 1. The lowest BCUT2D eigenvalue weighted by Crippen LogP contribution is -2.04. The van der Waals surface area contributed by atoms with Crippen molar-refractivity contribution in [2.24, 2.45) is 0 Å². The summed E-state index contributed by atoms with van der Waals surface area (Å²) in [6.45, 7) is 0.487. The van der Waals surface area contributed by atoms with E-state index < -0.39 is 5.97 Å². The zero-order chi connectivity index (χ0) is 21.3. The average Bonchev–Trinajstić information content (AvgIpc) is 3.12. The van der Waals surface area contributed by atoms with Crippen LogP contribution in [-0.4, -0.2) is 28.2 Å². The number of carboxylic acid groups (broad SMARTS) is 1. The third-order valence-corrected chi connectivity index (χ3v) is 5.88. The molecule has 0 amide bonds. The Balaban J connectivity index is 1.68. The smallest absolute Gasteiger partial charge is 0.335 e. The lowest BCUT2D eigenvalue weighted by molar-refractivity contribution is 0.0697. The summed E-state index contributed by atoms with van der Waals surface area (Å²) in [6, 6.07) is 13.8. The van der Waals surface area contributed by atoms with Crippen LogP contribution in [0.3, 0.4) is 0 Å². The number of hydrogen-bond donors (Lipinski definition) is 2. The highest BCUT2D eigenvalue weighted by Gasteiger charge is 2.13. The summed E-state index contributed by atoms with van der Waals surface area (Å²) < 4.78 is 5.79. The van der Waals surface area contributed by atoms with Crippen molar-refractivity contribution in [1.29, 1.82) is 0 Å². The number of thiophene rings is 1. The number of aromatic nitrogens is 2. The molecule has 0 fully saturated rings. The Morgan fingerprint density at radius 2 is 1.90 bits per heavy atom. The van der Waals surface area contributed by atoms with Crippen LogP contribution in [0.5, 0.6) is 5.75 Å². The summed E-state index contributed by atoms with van der Waals surface area (Å²) in [4.78, 5) is 21.1. The molecule has 0 atom stereocenters. The van der Waals surface area contributed by atoms with Gasteiger partial charge >= 0.3 is 5.97 Å². The number of aromatic carboxylic acids is 1. The molecular weight excluding hydrogens is 445 g/mol. The normalized spacial score (nSPS) is 10.9. The van der Waals surface area contributed by atoms with Crippen LogP contribution in [0.2, 0.25) is 9.36 Å². The molecule has 152 valence electrons. The summed E-state index contributed by atoms with van der Waals surface area (Å²) in [7, 11) is 1.57. The van der Waals surface area contributed by atoms with Crippen LogP contribution in [0, 0.1) is 0 Å². The highest BCUT2D eigenvalue weighted by atomic mass is 35.5. The van der Waals surface area contributed by atoms with Crippen molar-refractivity contribution >= 4 is 56.5 Å². The van der Waals surface area contributed by atoms with E-state index in [0.29, 0.717) is 38.9 Å². The van der Waals surface area contributed by atoms with Gasteiger partial charge in [-0.2, -0.15) is 0 Å². The molecule has 0 bridgehead atoms. The van der Waals surface area contributed by atoms with E-state index >= 15 is 0 Å². The number of nitrogens with zero attached hydrogens (tertiary/aromatic N) is 2. The Morgan fingerprint density at radius 1 is 1.13 bits per heavy atom. The maximum Gasteiger partial charge on any atom is 0.335 e. The monoisotopic (exact) mass is 459 g/mol. The molecule has 6 nitrogen and oxygen atoms in total. The van der Waals surface area contributed by atoms with Gasteiger partial charge in [-0.3, -0.25) is 0 Å². The minimum absolute atomic E-state index is 0.203. The van der Waals surface area contributed by atoms with Crippen LogP contribution in [0.1, 0.15) is 15.9 Å². The molecule has 0 aliphatic carbocycles. The number of rotatable bonds is 6. The molecule has 2 aromatic heterocycles. The maximum absolute atomic E-state index is 11.1. The SMILES string of the molecule is COc1ccc(CNc2nc(-c3ccc(C(=O)O)cc3)nc3sc(Cl)cc23)cc1Cl. The van der Waals surface area contributed by atoms with E-state index in [1.54, 1.807) is 19.2 Å². The van der Waals surface area contributed by atoms with Crippen molar-refractivity contribution in [3.8, 4) is 17.1 Å². The Morgan fingerprint density at radius 3 is 2.57 bits per heavy atom. The number of halogens is 2. The molecule has 4 aromatic rings. The number of methoxy groups -OCH3 is 1. The van der Waals surface area contributed by atoms with Crippen LogP contribution in [0.15, 0.2) is 48.5 Å². The Hall–Kier alpha value is -2.87. The third-order valence-electron chi connectivity index (χ3n) is 4.43. The van der Waals surface area contributed by atoms with Gasteiger partial charge in [-0.1, -0.05) is 41.4 Å². The quantitative estimate of drug-likeness (QED) is 0.368. The van der Waals surface area contributed by atoms with Gasteiger partial charge in [0.05, 0.1) is 27.4 Å². The number of nitrogens with one attached hydrogen (secondary N) is 1. The first kappa shape index (κ1) is 20.4. The highest BCUT2D eigenvalue weighted by molar-refractivity contribution is 7.22. The van der Waals surface area contributed by atoms with E-state index in [4.69, 9.17) is 33.0 Å². The first-order valence-electron chi connectivity index (χ1n) is 8.81. The molecule has 2 heterocycles. The van der Waals surface area contributed by atoms with Crippen molar-refractivity contribution in [2.75, 3.05) is 12.4 Å². The molecular formula is C21H15Cl2N3O3S. The zero-order valence-electron chi connectivity index (χ0n) is 15.6. The van der Waals surface area contributed by atoms with Crippen molar-refractivity contribution in [3.63, 3.8) is 0 Å². The van der Waals surface area contributed by atoms with Crippen LogP contribution in [-0.2, 0) is 6.54 Å². The summed E-state index contributed by atoms with van der Waals surface area (Å²) in [5, 5.41) is 13.8. The molecule has 0 unspecified atom stereocenters. The zero-order valence-corrected chi connectivity index (χ0v) is 18.0. The van der Waals surface area contributed by atoms with E-state index in [-0.39, 0.29) is 5.56 Å². The highest BCUT2D eigenvalue weighted by Crippen LogP contribution is 2.34. The minimum atomic E-state index is -0.983. The molecule has 2 N–H and O–H groups in total. The summed E-state index contributed by atoms with van der Waals surface area (Å²) in [6.07, 6.45) is 0. The van der Waals surface area contributed by atoms with E-state index in [9.17, 15) is 4.79 Å². The second kappa shape index (κ2) is 8.47. The summed E-state index contributed by atoms with van der Waals surface area (Å²) in [5.41, 5.74) is 1.87. The van der Waals surface area contributed by atoms with Crippen molar-refractivity contribution in [3.05, 3.63) is 69.0 Å².